The molecule has 0 bridgehead atoms. The Balaban J connectivity index is 3.49. The standard InChI is InChI=1S/C4H7NO5/c5-3(4(8)9)10-1-2(6)7/h3H,1,5H2,(H,6,7)(H,8,9). The zero-order valence-corrected chi connectivity index (χ0v) is 4.98. The topological polar surface area (TPSA) is 110 Å². The molecular weight excluding hydrogens is 142 g/mol. The van der Waals surface area contributed by atoms with Crippen molar-refractivity contribution in [1.29, 1.82) is 0 Å². The molecule has 0 aromatic heterocycles. The summed E-state index contributed by atoms with van der Waals surface area (Å²) >= 11 is 0. The minimum Gasteiger partial charge on any atom is -0.480 e. The van der Waals surface area contributed by atoms with Crippen LogP contribution in [0.4, 0.5) is 0 Å². The minimum atomic E-state index is -1.56. The molecule has 0 aliphatic carbocycles. The maximum Gasteiger partial charge on any atom is 0.347 e. The van der Waals surface area contributed by atoms with Gasteiger partial charge in [0.05, 0.1) is 0 Å². The smallest absolute Gasteiger partial charge is 0.347 e. The first-order valence-corrected chi connectivity index (χ1v) is 2.36. The van der Waals surface area contributed by atoms with Gasteiger partial charge in [-0.05, 0) is 0 Å². The molecule has 58 valence electrons. The lowest BCUT2D eigenvalue weighted by Gasteiger charge is -2.03. The molecule has 1 unspecified atom stereocenters. The van der Waals surface area contributed by atoms with Gasteiger partial charge in [-0.2, -0.15) is 0 Å². The average Bonchev–Trinajstić information content (AvgIpc) is 1.82. The molecule has 6 nitrogen and oxygen atoms in total. The molecule has 0 saturated carbocycles. The van der Waals surface area contributed by atoms with Gasteiger partial charge in [0.2, 0.25) is 6.23 Å². The summed E-state index contributed by atoms with van der Waals surface area (Å²) in [4.78, 5) is 19.6. The first kappa shape index (κ1) is 8.86. The van der Waals surface area contributed by atoms with Crippen LogP contribution in [-0.2, 0) is 14.3 Å². The highest BCUT2D eigenvalue weighted by atomic mass is 16.5. The number of ether oxygens (including phenoxy) is 1. The number of carboxylic acids is 2. The predicted molar refractivity (Wildman–Crippen MR) is 29.2 cm³/mol. The fourth-order valence-electron chi connectivity index (χ4n) is 0.232. The van der Waals surface area contributed by atoms with E-state index in [1.165, 1.54) is 0 Å². The van der Waals surface area contributed by atoms with Crippen LogP contribution in [0.25, 0.3) is 0 Å². The number of hydrogen-bond acceptors (Lipinski definition) is 4. The summed E-state index contributed by atoms with van der Waals surface area (Å²) in [6.45, 7) is -0.701. The quantitative estimate of drug-likeness (QED) is 0.418. The Hall–Kier alpha value is -1.14. The van der Waals surface area contributed by atoms with Crippen LogP contribution in [0.2, 0.25) is 0 Å². The van der Waals surface area contributed by atoms with E-state index >= 15 is 0 Å². The van der Waals surface area contributed by atoms with Crippen molar-refractivity contribution in [3.63, 3.8) is 0 Å². The van der Waals surface area contributed by atoms with Crippen LogP contribution in [0.15, 0.2) is 0 Å². The zero-order valence-electron chi connectivity index (χ0n) is 4.98. The second kappa shape index (κ2) is 3.80. The van der Waals surface area contributed by atoms with Gasteiger partial charge in [0, 0.05) is 0 Å². The summed E-state index contributed by atoms with van der Waals surface area (Å²) in [5.41, 5.74) is 4.78. The van der Waals surface area contributed by atoms with Crippen molar-refractivity contribution in [2.45, 2.75) is 6.23 Å². The molecule has 0 aromatic carbocycles. The molecule has 0 spiro atoms. The second-order valence-corrected chi connectivity index (χ2v) is 1.46. The predicted octanol–water partition coefficient (Wildman–Crippen LogP) is -1.54. The van der Waals surface area contributed by atoms with Crippen LogP contribution in [0.3, 0.4) is 0 Å². The molecule has 0 amide bonds. The molecule has 6 heteroatoms. The highest BCUT2D eigenvalue weighted by Crippen LogP contribution is 1.81. The minimum absolute atomic E-state index is 0.701. The van der Waals surface area contributed by atoms with Crippen LogP contribution in [0.1, 0.15) is 0 Å². The van der Waals surface area contributed by atoms with Crippen LogP contribution < -0.4 is 5.73 Å². The van der Waals surface area contributed by atoms with E-state index in [-0.39, 0.29) is 0 Å². The van der Waals surface area contributed by atoms with Crippen molar-refractivity contribution in [1.82, 2.24) is 0 Å². The van der Waals surface area contributed by atoms with Crippen molar-refractivity contribution in [2.24, 2.45) is 5.73 Å². The van der Waals surface area contributed by atoms with Gasteiger partial charge in [-0.25, -0.2) is 9.59 Å². The lowest BCUT2D eigenvalue weighted by molar-refractivity contribution is -0.155. The van der Waals surface area contributed by atoms with E-state index in [4.69, 9.17) is 15.9 Å². The van der Waals surface area contributed by atoms with Gasteiger partial charge in [-0.1, -0.05) is 0 Å². The number of rotatable bonds is 4. The summed E-state index contributed by atoms with van der Waals surface area (Å²) in [6, 6.07) is 0. The van der Waals surface area contributed by atoms with E-state index < -0.39 is 24.8 Å². The van der Waals surface area contributed by atoms with Gasteiger partial charge < -0.3 is 14.9 Å². The lowest BCUT2D eigenvalue weighted by atomic mass is 10.6. The maximum absolute atomic E-state index is 9.87. The number of hydrogen-bond donors (Lipinski definition) is 3. The summed E-state index contributed by atoms with van der Waals surface area (Å²) in [7, 11) is 0. The largest absolute Gasteiger partial charge is 0.480 e. The zero-order chi connectivity index (χ0) is 8.15. The third-order valence-electron chi connectivity index (χ3n) is 0.630. The molecular formula is C4H7NO5. The molecule has 0 fully saturated rings. The first-order chi connectivity index (χ1) is 4.54. The van der Waals surface area contributed by atoms with Gasteiger partial charge in [-0.3, -0.25) is 5.73 Å². The molecule has 0 rings (SSSR count). The van der Waals surface area contributed by atoms with E-state index in [2.05, 4.69) is 4.74 Å². The van der Waals surface area contributed by atoms with Gasteiger partial charge >= 0.3 is 11.9 Å². The number of carboxylic acid groups (broad SMARTS) is 2. The van der Waals surface area contributed by atoms with Crippen molar-refractivity contribution in [3.05, 3.63) is 0 Å². The third-order valence-corrected chi connectivity index (χ3v) is 0.630. The normalized spacial score (nSPS) is 12.5. The Bertz CT molecular complexity index is 145. The highest BCUT2D eigenvalue weighted by Gasteiger charge is 2.12. The summed E-state index contributed by atoms with van der Waals surface area (Å²) in [5, 5.41) is 16.0. The van der Waals surface area contributed by atoms with Gasteiger partial charge in [0.1, 0.15) is 6.61 Å². The monoisotopic (exact) mass is 149 g/mol. The molecule has 0 aromatic rings. The molecule has 0 saturated heterocycles. The summed E-state index contributed by atoms with van der Waals surface area (Å²) in [5.74, 6) is -2.64. The highest BCUT2D eigenvalue weighted by molar-refractivity contribution is 5.72. The van der Waals surface area contributed by atoms with E-state index in [9.17, 15) is 9.59 Å². The fourth-order valence-corrected chi connectivity index (χ4v) is 0.232. The summed E-state index contributed by atoms with van der Waals surface area (Å²) < 4.78 is 4.14. The molecule has 4 N–H and O–H groups in total. The fraction of sp³-hybridized carbons (Fsp3) is 0.500. The van der Waals surface area contributed by atoms with E-state index in [1.807, 2.05) is 0 Å². The van der Waals surface area contributed by atoms with Crippen molar-refractivity contribution in [2.75, 3.05) is 6.61 Å². The van der Waals surface area contributed by atoms with Crippen LogP contribution >= 0.6 is 0 Å². The van der Waals surface area contributed by atoms with Crippen molar-refractivity contribution >= 4 is 11.9 Å². The van der Waals surface area contributed by atoms with E-state index in [0.29, 0.717) is 0 Å². The SMILES string of the molecule is NC(OCC(=O)O)C(=O)O. The lowest BCUT2D eigenvalue weighted by Crippen LogP contribution is -2.34. The Morgan fingerprint density at radius 1 is 1.50 bits per heavy atom. The van der Waals surface area contributed by atoms with Gasteiger partial charge in [-0.15, -0.1) is 0 Å². The summed E-state index contributed by atoms with van der Waals surface area (Å²) in [6.07, 6.45) is -1.56. The maximum atomic E-state index is 9.87. The van der Waals surface area contributed by atoms with Crippen molar-refractivity contribution in [3.8, 4) is 0 Å². The van der Waals surface area contributed by atoms with Crippen LogP contribution in [-0.4, -0.2) is 35.0 Å². The molecule has 0 aliphatic rings. The number of nitrogens with two attached hydrogens (primary N) is 1. The molecule has 0 heterocycles. The molecule has 1 atom stereocenters. The number of aliphatic carboxylic acids is 2. The van der Waals surface area contributed by atoms with Crippen LogP contribution in [0, 0.1) is 0 Å². The van der Waals surface area contributed by atoms with E-state index in [1.54, 1.807) is 0 Å². The molecule has 0 aliphatic heterocycles. The Labute approximate surface area is 56.2 Å². The van der Waals surface area contributed by atoms with E-state index in [0.717, 1.165) is 0 Å². The second-order valence-electron chi connectivity index (χ2n) is 1.46. The molecule has 0 radical (unpaired) electrons. The van der Waals surface area contributed by atoms with Gasteiger partial charge in [0.15, 0.2) is 0 Å². The first-order valence-electron chi connectivity index (χ1n) is 2.36. The average molecular weight is 149 g/mol. The van der Waals surface area contributed by atoms with Crippen molar-refractivity contribution < 1.29 is 24.5 Å². The number of carbonyl (C=O) groups is 2. The Morgan fingerprint density at radius 2 is 2.00 bits per heavy atom. The molecule has 10 heavy (non-hydrogen) atoms. The third kappa shape index (κ3) is 3.81. The van der Waals surface area contributed by atoms with Gasteiger partial charge in [0.25, 0.3) is 0 Å². The van der Waals surface area contributed by atoms with Crippen LogP contribution in [0.5, 0.6) is 0 Å². The Morgan fingerprint density at radius 3 is 2.30 bits per heavy atom. The Kier molecular flexibility index (Phi) is 3.37.